The number of nitrogens with zero attached hydrogens (tertiary/aromatic N) is 4. The summed E-state index contributed by atoms with van der Waals surface area (Å²) in [5, 5.41) is 0. The summed E-state index contributed by atoms with van der Waals surface area (Å²) >= 11 is 3.35. The van der Waals surface area contributed by atoms with E-state index in [1.807, 2.05) is 24.3 Å². The fraction of sp³-hybridized carbons (Fsp3) is 0.154. The molecule has 1 aromatic heterocycles. The number of rotatable bonds is 3. The zero-order chi connectivity index (χ0) is 14.3. The summed E-state index contributed by atoms with van der Waals surface area (Å²) in [7, 11) is 0. The van der Waals surface area contributed by atoms with Gasteiger partial charge in [-0.05, 0) is 24.3 Å². The SMILES string of the molecule is C=CCn1c(=O)nc2n1C(=O)N(c1ccc(Br)cc1)C2. The predicted molar refractivity (Wildman–Crippen MR) is 77.8 cm³/mol. The highest BCUT2D eigenvalue weighted by Gasteiger charge is 2.32. The first kappa shape index (κ1) is 12.9. The van der Waals surface area contributed by atoms with E-state index in [0.29, 0.717) is 12.4 Å². The van der Waals surface area contributed by atoms with Gasteiger partial charge in [0, 0.05) is 10.2 Å². The molecule has 0 atom stereocenters. The van der Waals surface area contributed by atoms with Crippen LogP contribution >= 0.6 is 15.9 Å². The molecule has 0 N–H and O–H groups in total. The van der Waals surface area contributed by atoms with E-state index in [2.05, 4.69) is 27.5 Å². The van der Waals surface area contributed by atoms with Crippen LogP contribution in [0.2, 0.25) is 0 Å². The number of hydrogen-bond donors (Lipinski definition) is 0. The van der Waals surface area contributed by atoms with Crippen LogP contribution in [-0.4, -0.2) is 20.4 Å². The van der Waals surface area contributed by atoms with Crippen LogP contribution in [0.5, 0.6) is 0 Å². The molecule has 1 aliphatic rings. The fourth-order valence-electron chi connectivity index (χ4n) is 2.18. The van der Waals surface area contributed by atoms with Gasteiger partial charge in [-0.25, -0.2) is 14.3 Å². The first-order valence-corrected chi connectivity index (χ1v) is 6.78. The number of anilines is 1. The van der Waals surface area contributed by atoms with Crippen LogP contribution in [-0.2, 0) is 13.1 Å². The first-order chi connectivity index (χ1) is 9.61. The number of halogens is 1. The molecule has 0 unspecified atom stereocenters. The van der Waals surface area contributed by atoms with E-state index in [9.17, 15) is 9.59 Å². The molecule has 3 rings (SSSR count). The molecule has 2 heterocycles. The van der Waals surface area contributed by atoms with Crippen LogP contribution < -0.4 is 10.6 Å². The standard InChI is InChI=1S/C13H11BrN4O2/c1-2-7-17-12(19)15-11-8-16(13(20)18(11)17)10-5-3-9(14)4-6-10/h2-6H,1,7-8H2. The lowest BCUT2D eigenvalue weighted by molar-refractivity contribution is 0.244. The molecule has 0 spiro atoms. The van der Waals surface area contributed by atoms with Gasteiger partial charge >= 0.3 is 11.7 Å². The van der Waals surface area contributed by atoms with Crippen LogP contribution in [0.1, 0.15) is 5.82 Å². The van der Waals surface area contributed by atoms with Gasteiger partial charge in [-0.3, -0.25) is 4.90 Å². The number of hydrogen-bond acceptors (Lipinski definition) is 3. The Labute approximate surface area is 123 Å². The number of aromatic nitrogens is 3. The van der Waals surface area contributed by atoms with Crippen molar-refractivity contribution in [3.8, 4) is 0 Å². The van der Waals surface area contributed by atoms with Crippen molar-refractivity contribution in [2.45, 2.75) is 13.1 Å². The first-order valence-electron chi connectivity index (χ1n) is 5.99. The summed E-state index contributed by atoms with van der Waals surface area (Å²) < 4.78 is 3.53. The summed E-state index contributed by atoms with van der Waals surface area (Å²) in [5.41, 5.74) is 0.338. The zero-order valence-corrected chi connectivity index (χ0v) is 12.1. The van der Waals surface area contributed by atoms with E-state index in [4.69, 9.17) is 0 Å². The Morgan fingerprint density at radius 1 is 1.30 bits per heavy atom. The van der Waals surface area contributed by atoms with E-state index >= 15 is 0 Å². The van der Waals surface area contributed by atoms with Crippen LogP contribution in [0.15, 0.2) is 46.2 Å². The maximum absolute atomic E-state index is 12.4. The van der Waals surface area contributed by atoms with Crippen molar-refractivity contribution in [1.29, 1.82) is 0 Å². The topological polar surface area (TPSA) is 60.1 Å². The fourth-order valence-corrected chi connectivity index (χ4v) is 2.45. The molecule has 0 bridgehead atoms. The average molecular weight is 335 g/mol. The largest absolute Gasteiger partial charge is 0.364 e. The second-order valence-electron chi connectivity index (χ2n) is 4.34. The molecule has 1 aromatic carbocycles. The Balaban J connectivity index is 2.01. The van der Waals surface area contributed by atoms with Gasteiger partial charge in [0.15, 0.2) is 5.82 Å². The van der Waals surface area contributed by atoms with E-state index in [0.717, 1.165) is 10.2 Å². The molecule has 0 fully saturated rings. The minimum Gasteiger partial charge on any atom is -0.285 e. The maximum atomic E-state index is 12.4. The molecule has 2 aromatic rings. The molecular weight excluding hydrogens is 324 g/mol. The normalized spacial score (nSPS) is 13.7. The van der Waals surface area contributed by atoms with E-state index < -0.39 is 5.69 Å². The number of amides is 1. The number of carbonyl (C=O) groups is 1. The third-order valence-electron chi connectivity index (χ3n) is 3.08. The van der Waals surface area contributed by atoms with Gasteiger partial charge in [-0.15, -0.1) is 6.58 Å². The lowest BCUT2D eigenvalue weighted by Crippen LogP contribution is -2.33. The Bertz CT molecular complexity index is 745. The van der Waals surface area contributed by atoms with Crippen molar-refractivity contribution < 1.29 is 4.79 Å². The molecule has 20 heavy (non-hydrogen) atoms. The second kappa shape index (κ2) is 4.75. The number of fused-ring (bicyclic) bond motifs is 1. The van der Waals surface area contributed by atoms with E-state index in [-0.39, 0.29) is 12.6 Å². The van der Waals surface area contributed by atoms with Crippen molar-refractivity contribution in [3.05, 3.63) is 57.7 Å². The minimum atomic E-state index is -0.427. The third-order valence-corrected chi connectivity index (χ3v) is 3.61. The van der Waals surface area contributed by atoms with Crippen LogP contribution in [0.3, 0.4) is 0 Å². The predicted octanol–water partition coefficient (Wildman–Crippen LogP) is 1.98. The molecule has 102 valence electrons. The van der Waals surface area contributed by atoms with Crippen molar-refractivity contribution in [3.63, 3.8) is 0 Å². The van der Waals surface area contributed by atoms with Gasteiger partial charge in [-0.1, -0.05) is 22.0 Å². The van der Waals surface area contributed by atoms with Gasteiger partial charge in [0.2, 0.25) is 0 Å². The van der Waals surface area contributed by atoms with Gasteiger partial charge in [0.25, 0.3) is 0 Å². The highest BCUT2D eigenvalue weighted by molar-refractivity contribution is 9.10. The molecule has 6 nitrogen and oxygen atoms in total. The van der Waals surface area contributed by atoms with E-state index in [1.165, 1.54) is 9.36 Å². The van der Waals surface area contributed by atoms with Crippen molar-refractivity contribution in [1.82, 2.24) is 14.3 Å². The zero-order valence-electron chi connectivity index (χ0n) is 10.5. The molecule has 7 heteroatoms. The molecule has 0 saturated carbocycles. The molecular formula is C13H11BrN4O2. The lowest BCUT2D eigenvalue weighted by atomic mass is 10.3. The third kappa shape index (κ3) is 1.90. The molecule has 0 saturated heterocycles. The van der Waals surface area contributed by atoms with Gasteiger partial charge < -0.3 is 0 Å². The van der Waals surface area contributed by atoms with Crippen molar-refractivity contribution in [2.75, 3.05) is 4.90 Å². The summed E-state index contributed by atoms with van der Waals surface area (Å²) in [6.07, 6.45) is 1.56. The Morgan fingerprint density at radius 3 is 2.65 bits per heavy atom. The second-order valence-corrected chi connectivity index (χ2v) is 5.25. The highest BCUT2D eigenvalue weighted by Crippen LogP contribution is 2.24. The summed E-state index contributed by atoms with van der Waals surface area (Å²) in [5.74, 6) is 0.449. The maximum Gasteiger partial charge on any atom is 0.364 e. The monoisotopic (exact) mass is 334 g/mol. The molecule has 1 aliphatic heterocycles. The Hall–Kier alpha value is -2.15. The molecule has 0 aliphatic carbocycles. The molecule has 1 amide bonds. The smallest absolute Gasteiger partial charge is 0.285 e. The Morgan fingerprint density at radius 2 is 2.00 bits per heavy atom. The number of benzene rings is 1. The number of carbonyl (C=O) groups excluding carboxylic acids is 1. The van der Waals surface area contributed by atoms with Gasteiger partial charge in [-0.2, -0.15) is 9.67 Å². The average Bonchev–Trinajstić information content (AvgIpc) is 2.89. The number of allylic oxidation sites excluding steroid dienone is 1. The Kier molecular flexibility index (Phi) is 3.06. The summed E-state index contributed by atoms with van der Waals surface area (Å²) in [4.78, 5) is 29.6. The minimum absolute atomic E-state index is 0.256. The highest BCUT2D eigenvalue weighted by atomic mass is 79.9. The van der Waals surface area contributed by atoms with Crippen LogP contribution in [0.4, 0.5) is 10.5 Å². The van der Waals surface area contributed by atoms with Crippen molar-refractivity contribution in [2.24, 2.45) is 0 Å². The quantitative estimate of drug-likeness (QED) is 0.806. The lowest BCUT2D eigenvalue weighted by Gasteiger charge is -2.15. The summed E-state index contributed by atoms with van der Waals surface area (Å²) in [6, 6.07) is 7.12. The van der Waals surface area contributed by atoms with Crippen LogP contribution in [0.25, 0.3) is 0 Å². The molecule has 0 radical (unpaired) electrons. The van der Waals surface area contributed by atoms with Crippen LogP contribution in [0, 0.1) is 0 Å². The van der Waals surface area contributed by atoms with E-state index in [1.54, 1.807) is 11.0 Å². The van der Waals surface area contributed by atoms with Crippen molar-refractivity contribution >= 4 is 27.6 Å². The van der Waals surface area contributed by atoms with Gasteiger partial charge in [0.1, 0.15) is 0 Å². The van der Waals surface area contributed by atoms with Gasteiger partial charge in [0.05, 0.1) is 13.1 Å². The summed E-state index contributed by atoms with van der Waals surface area (Å²) in [6.45, 7) is 4.13.